The van der Waals surface area contributed by atoms with Crippen molar-refractivity contribution in [1.29, 1.82) is 0 Å². The fraction of sp³-hybridized carbons (Fsp3) is 0.700. The second-order valence-corrected chi connectivity index (χ2v) is 3.03. The van der Waals surface area contributed by atoms with Crippen molar-refractivity contribution in [1.82, 2.24) is 0 Å². The van der Waals surface area contributed by atoms with Crippen LogP contribution in [0.2, 0.25) is 0 Å². The molecule has 0 aromatic heterocycles. The third kappa shape index (κ3) is 22.9. The van der Waals surface area contributed by atoms with Crippen LogP contribution in [0.1, 0.15) is 38.5 Å². The predicted octanol–water partition coefficient (Wildman–Crippen LogP) is 0.674. The zero-order valence-corrected chi connectivity index (χ0v) is 9.09. The molecular formula is C10H18O6. The number of aliphatic hydroxyl groups is 1. The summed E-state index contributed by atoms with van der Waals surface area (Å²) in [7, 11) is 0. The monoisotopic (exact) mass is 234 g/mol. The van der Waals surface area contributed by atoms with Gasteiger partial charge in [-0.3, -0.25) is 9.59 Å². The Morgan fingerprint density at radius 3 is 1.81 bits per heavy atom. The first-order valence-corrected chi connectivity index (χ1v) is 5.02. The van der Waals surface area contributed by atoms with Gasteiger partial charge < -0.3 is 20.1 Å². The van der Waals surface area contributed by atoms with Gasteiger partial charge >= 0.3 is 11.9 Å². The topological polar surface area (TPSA) is 112 Å². The van der Waals surface area contributed by atoms with E-state index in [0.717, 1.165) is 6.29 Å². The van der Waals surface area contributed by atoms with Crippen LogP contribution >= 0.6 is 0 Å². The predicted molar refractivity (Wildman–Crippen MR) is 56.1 cm³/mol. The van der Waals surface area contributed by atoms with E-state index >= 15 is 0 Å². The van der Waals surface area contributed by atoms with Crippen molar-refractivity contribution in [2.24, 2.45) is 0 Å². The average Bonchev–Trinajstić information content (AvgIpc) is 2.18. The summed E-state index contributed by atoms with van der Waals surface area (Å²) in [5, 5.41) is 24.3. The van der Waals surface area contributed by atoms with Crippen molar-refractivity contribution in [3.05, 3.63) is 0 Å². The van der Waals surface area contributed by atoms with Crippen LogP contribution in [0.4, 0.5) is 0 Å². The van der Waals surface area contributed by atoms with E-state index in [1.165, 1.54) is 0 Å². The van der Waals surface area contributed by atoms with E-state index in [1.807, 2.05) is 0 Å². The van der Waals surface area contributed by atoms with Gasteiger partial charge in [0.05, 0.1) is 0 Å². The average molecular weight is 234 g/mol. The maximum Gasteiger partial charge on any atom is 0.303 e. The molecule has 0 spiro atoms. The molecule has 0 aliphatic carbocycles. The first-order chi connectivity index (χ1) is 7.54. The van der Waals surface area contributed by atoms with Crippen LogP contribution in [-0.4, -0.2) is 40.2 Å². The number of carbonyl (C=O) groups excluding carboxylic acids is 1. The fourth-order valence-corrected chi connectivity index (χ4v) is 0.725. The Hall–Kier alpha value is -1.43. The summed E-state index contributed by atoms with van der Waals surface area (Å²) in [6.07, 6.45) is 2.96. The van der Waals surface area contributed by atoms with Crippen LogP contribution in [0.5, 0.6) is 0 Å². The summed E-state index contributed by atoms with van der Waals surface area (Å²) in [5.74, 6) is -1.63. The minimum atomic E-state index is -0.841. The van der Waals surface area contributed by atoms with Crippen molar-refractivity contribution < 1.29 is 29.7 Å². The molecule has 0 aliphatic rings. The lowest BCUT2D eigenvalue weighted by Crippen LogP contribution is -1.94. The number of carbonyl (C=O) groups is 3. The number of aldehydes is 1. The highest BCUT2D eigenvalue weighted by Gasteiger charge is 1.93. The van der Waals surface area contributed by atoms with Crippen LogP contribution in [-0.2, 0) is 14.4 Å². The van der Waals surface area contributed by atoms with E-state index in [-0.39, 0.29) is 19.4 Å². The molecule has 0 saturated carbocycles. The maximum absolute atomic E-state index is 9.79. The Morgan fingerprint density at radius 2 is 1.44 bits per heavy atom. The minimum absolute atomic E-state index is 0.0906. The molecule has 0 fully saturated rings. The zero-order valence-electron chi connectivity index (χ0n) is 9.09. The van der Waals surface area contributed by atoms with Crippen LogP contribution in [0, 0.1) is 0 Å². The van der Waals surface area contributed by atoms with Gasteiger partial charge in [-0.25, -0.2) is 0 Å². The minimum Gasteiger partial charge on any atom is -0.481 e. The third-order valence-corrected chi connectivity index (χ3v) is 1.51. The Morgan fingerprint density at radius 1 is 0.938 bits per heavy atom. The molecule has 0 rings (SSSR count). The molecule has 0 aromatic carbocycles. The van der Waals surface area contributed by atoms with Gasteiger partial charge in [-0.2, -0.15) is 0 Å². The summed E-state index contributed by atoms with van der Waals surface area (Å²) < 4.78 is 0. The normalized spacial score (nSPS) is 8.81. The number of carboxylic acids is 2. The summed E-state index contributed by atoms with van der Waals surface area (Å²) in [4.78, 5) is 29.1. The summed E-state index contributed by atoms with van der Waals surface area (Å²) in [6, 6.07) is 0. The first-order valence-electron chi connectivity index (χ1n) is 5.02. The van der Waals surface area contributed by atoms with E-state index in [2.05, 4.69) is 0 Å². The number of hydrogen-bond donors (Lipinski definition) is 3. The first kappa shape index (κ1) is 17.0. The number of aliphatic hydroxyl groups excluding tert-OH is 1. The van der Waals surface area contributed by atoms with Gasteiger partial charge in [0, 0.05) is 25.9 Å². The van der Waals surface area contributed by atoms with E-state index in [9.17, 15) is 14.4 Å². The standard InChI is InChI=1S/C5H10O3.C5H8O3/c2*6-4-2-1-3-5(7)8/h6H,1-4H2,(H,7,8);4H,1-3H2,(H,7,8). The Balaban J connectivity index is 0. The van der Waals surface area contributed by atoms with Crippen molar-refractivity contribution >= 4 is 18.2 Å². The van der Waals surface area contributed by atoms with Crippen LogP contribution < -0.4 is 0 Å². The number of hydrogen-bond acceptors (Lipinski definition) is 4. The Kier molecular flexibility index (Phi) is 14.4. The highest BCUT2D eigenvalue weighted by atomic mass is 16.4. The Bertz CT molecular complexity index is 201. The van der Waals surface area contributed by atoms with Crippen LogP contribution in [0.15, 0.2) is 0 Å². The lowest BCUT2D eigenvalue weighted by molar-refractivity contribution is -0.138. The number of rotatable bonds is 8. The van der Waals surface area contributed by atoms with Gasteiger partial charge in [0.2, 0.25) is 0 Å². The van der Waals surface area contributed by atoms with Gasteiger partial charge in [-0.15, -0.1) is 0 Å². The molecule has 0 amide bonds. The van der Waals surface area contributed by atoms with Crippen molar-refractivity contribution in [3.63, 3.8) is 0 Å². The van der Waals surface area contributed by atoms with Crippen LogP contribution in [0.25, 0.3) is 0 Å². The zero-order chi connectivity index (χ0) is 12.8. The van der Waals surface area contributed by atoms with E-state index in [0.29, 0.717) is 25.7 Å². The molecular weight excluding hydrogens is 216 g/mol. The second-order valence-electron chi connectivity index (χ2n) is 3.03. The molecule has 16 heavy (non-hydrogen) atoms. The molecule has 6 heteroatoms. The summed E-state index contributed by atoms with van der Waals surface area (Å²) in [5.41, 5.74) is 0. The molecule has 0 bridgehead atoms. The lowest BCUT2D eigenvalue weighted by atomic mass is 10.2. The van der Waals surface area contributed by atoms with Gasteiger partial charge in [0.15, 0.2) is 0 Å². The lowest BCUT2D eigenvalue weighted by Gasteiger charge is -1.89. The van der Waals surface area contributed by atoms with Gasteiger partial charge in [-0.05, 0) is 19.3 Å². The largest absolute Gasteiger partial charge is 0.481 e. The second kappa shape index (κ2) is 13.6. The third-order valence-electron chi connectivity index (χ3n) is 1.51. The maximum atomic E-state index is 9.79. The number of unbranched alkanes of at least 4 members (excludes halogenated alkanes) is 2. The molecule has 0 aliphatic heterocycles. The highest BCUT2D eigenvalue weighted by Crippen LogP contribution is 1.92. The molecule has 0 radical (unpaired) electrons. The van der Waals surface area contributed by atoms with Crippen molar-refractivity contribution in [2.45, 2.75) is 38.5 Å². The van der Waals surface area contributed by atoms with E-state index in [4.69, 9.17) is 15.3 Å². The van der Waals surface area contributed by atoms with Crippen LogP contribution in [0.3, 0.4) is 0 Å². The van der Waals surface area contributed by atoms with Gasteiger partial charge in [0.1, 0.15) is 6.29 Å². The molecule has 0 aromatic rings. The van der Waals surface area contributed by atoms with Crippen molar-refractivity contribution in [2.75, 3.05) is 6.61 Å². The molecule has 3 N–H and O–H groups in total. The van der Waals surface area contributed by atoms with Crippen molar-refractivity contribution in [3.8, 4) is 0 Å². The quantitative estimate of drug-likeness (QED) is 0.420. The molecule has 0 atom stereocenters. The van der Waals surface area contributed by atoms with Gasteiger partial charge in [0.25, 0.3) is 0 Å². The molecule has 0 heterocycles. The highest BCUT2D eigenvalue weighted by molar-refractivity contribution is 5.67. The molecule has 0 unspecified atom stereocenters. The summed E-state index contributed by atoms with van der Waals surface area (Å²) in [6.45, 7) is 0.0906. The molecule has 0 saturated heterocycles. The van der Waals surface area contributed by atoms with E-state index < -0.39 is 11.9 Å². The molecule has 94 valence electrons. The molecule has 6 nitrogen and oxygen atoms in total. The summed E-state index contributed by atoms with van der Waals surface area (Å²) >= 11 is 0. The fourth-order valence-electron chi connectivity index (χ4n) is 0.725. The SMILES string of the molecule is O=C(O)CCCCO.O=CCCCC(=O)O. The van der Waals surface area contributed by atoms with Gasteiger partial charge in [-0.1, -0.05) is 0 Å². The number of aliphatic carboxylic acids is 2. The Labute approximate surface area is 93.9 Å². The van der Waals surface area contributed by atoms with E-state index in [1.54, 1.807) is 0 Å². The smallest absolute Gasteiger partial charge is 0.303 e. The number of carboxylic acid groups (broad SMARTS) is 2.